The topological polar surface area (TPSA) is 83.7 Å². The number of carbonyl (C=O) groups excluding carboxylic acids is 1. The molecule has 0 aliphatic heterocycles. The van der Waals surface area contributed by atoms with E-state index in [1.807, 2.05) is 12.1 Å². The quantitative estimate of drug-likeness (QED) is 0.528. The molecule has 0 bridgehead atoms. The van der Waals surface area contributed by atoms with Crippen molar-refractivity contribution in [2.45, 2.75) is 6.54 Å². The van der Waals surface area contributed by atoms with Crippen LogP contribution in [0.15, 0.2) is 47.3 Å². The van der Waals surface area contributed by atoms with Crippen LogP contribution >= 0.6 is 34.5 Å². The van der Waals surface area contributed by atoms with E-state index in [4.69, 9.17) is 23.2 Å². The van der Waals surface area contributed by atoms with E-state index in [0.717, 1.165) is 10.3 Å². The van der Waals surface area contributed by atoms with E-state index in [0.29, 0.717) is 20.5 Å². The van der Waals surface area contributed by atoms with Crippen LogP contribution in [0.2, 0.25) is 10.0 Å². The number of aromatic hydroxyl groups is 1. The highest BCUT2D eigenvalue weighted by Crippen LogP contribution is 2.26. The molecule has 2 heterocycles. The molecule has 0 radical (unpaired) electrons. The molecule has 0 aliphatic rings. The lowest BCUT2D eigenvalue weighted by Crippen LogP contribution is -2.27. The maximum absolute atomic E-state index is 12.6. The molecule has 2 N–H and O–H groups in total. The average Bonchev–Trinajstić information content (AvgIpc) is 3.04. The summed E-state index contributed by atoms with van der Waals surface area (Å²) in [6, 6.07) is 12.2. The van der Waals surface area contributed by atoms with Crippen molar-refractivity contribution < 1.29 is 9.90 Å². The number of fused-ring (bicyclic) bond motifs is 3. The second-order valence-electron chi connectivity index (χ2n) is 5.73. The molecule has 136 valence electrons. The van der Waals surface area contributed by atoms with Gasteiger partial charge in [-0.25, -0.2) is 9.38 Å². The van der Waals surface area contributed by atoms with Crippen molar-refractivity contribution in [3.05, 3.63) is 74.1 Å². The van der Waals surface area contributed by atoms with Crippen molar-refractivity contribution in [1.29, 1.82) is 0 Å². The van der Waals surface area contributed by atoms with Crippen molar-refractivity contribution in [2.75, 3.05) is 0 Å². The lowest BCUT2D eigenvalue weighted by atomic mass is 10.2. The van der Waals surface area contributed by atoms with E-state index in [2.05, 4.69) is 10.3 Å². The van der Waals surface area contributed by atoms with Crippen LogP contribution in [0.1, 0.15) is 16.1 Å². The lowest BCUT2D eigenvalue weighted by Gasteiger charge is -2.07. The number of amides is 1. The normalized spacial score (nSPS) is 11.2. The fourth-order valence-corrected chi connectivity index (χ4v) is 4.01. The Morgan fingerprint density at radius 3 is 2.74 bits per heavy atom. The van der Waals surface area contributed by atoms with Gasteiger partial charge in [0.1, 0.15) is 0 Å². The summed E-state index contributed by atoms with van der Waals surface area (Å²) in [6.45, 7) is 0.141. The standard InChI is InChI=1S/C18H11Cl2N3O3S/c19-10-6-5-9(7-11(10)20)8-21-16(25)14-15(24)17(26)23-12-3-1-2-4-13(12)27-18(23)22-14/h1-7,24H,8H2,(H,21,25). The van der Waals surface area contributed by atoms with E-state index in [9.17, 15) is 14.7 Å². The highest BCUT2D eigenvalue weighted by Gasteiger charge is 2.20. The van der Waals surface area contributed by atoms with Gasteiger partial charge in [0, 0.05) is 6.54 Å². The molecule has 4 rings (SSSR count). The predicted octanol–water partition coefficient (Wildman–Crippen LogP) is 3.85. The number of thiazole rings is 1. The van der Waals surface area contributed by atoms with Gasteiger partial charge < -0.3 is 10.4 Å². The first-order chi connectivity index (χ1) is 13.0. The molecule has 1 amide bonds. The molecular formula is C18H11Cl2N3O3S. The smallest absolute Gasteiger partial charge is 0.302 e. The average molecular weight is 420 g/mol. The minimum atomic E-state index is -0.692. The Labute approximate surface area is 166 Å². The van der Waals surface area contributed by atoms with Crippen molar-refractivity contribution in [3.8, 4) is 5.75 Å². The third-order valence-electron chi connectivity index (χ3n) is 3.99. The second kappa shape index (κ2) is 6.84. The zero-order chi connectivity index (χ0) is 19.1. The summed E-state index contributed by atoms with van der Waals surface area (Å²) >= 11 is 13.1. The first-order valence-electron chi connectivity index (χ1n) is 7.81. The molecule has 0 saturated heterocycles. The summed E-state index contributed by atoms with van der Waals surface area (Å²) in [4.78, 5) is 29.5. The number of hydrogen-bond donors (Lipinski definition) is 2. The SMILES string of the molecule is O=C(NCc1ccc(Cl)c(Cl)c1)c1nc2sc3ccccc3n2c(=O)c1O. The molecule has 0 fully saturated rings. The van der Waals surface area contributed by atoms with Crippen LogP contribution in [0.25, 0.3) is 15.2 Å². The van der Waals surface area contributed by atoms with Crippen LogP contribution in [-0.4, -0.2) is 20.4 Å². The zero-order valence-electron chi connectivity index (χ0n) is 13.6. The number of aromatic nitrogens is 2. The Morgan fingerprint density at radius 1 is 1.19 bits per heavy atom. The van der Waals surface area contributed by atoms with Crippen LogP contribution in [0, 0.1) is 0 Å². The van der Waals surface area contributed by atoms with Crippen molar-refractivity contribution in [3.63, 3.8) is 0 Å². The summed E-state index contributed by atoms with van der Waals surface area (Å²) in [5.74, 6) is -1.35. The van der Waals surface area contributed by atoms with E-state index >= 15 is 0 Å². The van der Waals surface area contributed by atoms with E-state index in [1.54, 1.807) is 30.3 Å². The second-order valence-corrected chi connectivity index (χ2v) is 7.56. The largest absolute Gasteiger partial charge is 0.501 e. The number of hydrogen-bond acceptors (Lipinski definition) is 5. The maximum atomic E-state index is 12.6. The predicted molar refractivity (Wildman–Crippen MR) is 106 cm³/mol. The van der Waals surface area contributed by atoms with Gasteiger partial charge in [-0.3, -0.25) is 9.59 Å². The number of rotatable bonds is 3. The van der Waals surface area contributed by atoms with Gasteiger partial charge >= 0.3 is 5.56 Å². The summed E-state index contributed by atoms with van der Waals surface area (Å²) in [5, 5.41) is 13.6. The number of para-hydroxylation sites is 1. The zero-order valence-corrected chi connectivity index (χ0v) is 15.9. The van der Waals surface area contributed by atoms with Gasteiger partial charge in [0.05, 0.1) is 20.3 Å². The van der Waals surface area contributed by atoms with Crippen molar-refractivity contribution in [1.82, 2.24) is 14.7 Å². The number of carbonyl (C=O) groups is 1. The molecule has 9 heteroatoms. The van der Waals surface area contributed by atoms with Gasteiger partial charge in [-0.15, -0.1) is 0 Å². The Bertz CT molecular complexity index is 1270. The molecule has 0 aliphatic carbocycles. The van der Waals surface area contributed by atoms with Gasteiger partial charge in [-0.1, -0.05) is 52.7 Å². The molecular weight excluding hydrogens is 409 g/mol. The molecule has 0 saturated carbocycles. The lowest BCUT2D eigenvalue weighted by molar-refractivity contribution is 0.0943. The van der Waals surface area contributed by atoms with Gasteiger partial charge in [-0.2, -0.15) is 0 Å². The Morgan fingerprint density at radius 2 is 1.96 bits per heavy atom. The Hall–Kier alpha value is -2.61. The molecule has 0 atom stereocenters. The minimum Gasteiger partial charge on any atom is -0.501 e. The summed E-state index contributed by atoms with van der Waals surface area (Å²) in [7, 11) is 0. The fourth-order valence-electron chi connectivity index (χ4n) is 2.67. The third-order valence-corrected chi connectivity index (χ3v) is 5.75. The Kier molecular flexibility index (Phi) is 4.51. The van der Waals surface area contributed by atoms with Crippen LogP contribution in [0.3, 0.4) is 0 Å². The molecule has 4 aromatic rings. The molecule has 0 unspecified atom stereocenters. The van der Waals surface area contributed by atoms with Crippen molar-refractivity contribution >= 4 is 55.6 Å². The van der Waals surface area contributed by atoms with Gasteiger partial charge in [0.15, 0.2) is 10.7 Å². The van der Waals surface area contributed by atoms with E-state index in [-0.39, 0.29) is 12.2 Å². The molecule has 27 heavy (non-hydrogen) atoms. The van der Waals surface area contributed by atoms with Crippen LogP contribution in [0.5, 0.6) is 5.75 Å². The summed E-state index contributed by atoms with van der Waals surface area (Å²) < 4.78 is 2.13. The molecule has 2 aromatic heterocycles. The first kappa shape index (κ1) is 17.8. The summed E-state index contributed by atoms with van der Waals surface area (Å²) in [6.07, 6.45) is 0. The number of nitrogens with one attached hydrogen (secondary N) is 1. The fraction of sp³-hybridized carbons (Fsp3) is 0.0556. The molecule has 2 aromatic carbocycles. The number of halogens is 2. The van der Waals surface area contributed by atoms with Gasteiger partial charge in [0.2, 0.25) is 5.75 Å². The Balaban J connectivity index is 1.69. The van der Waals surface area contributed by atoms with Crippen LogP contribution in [-0.2, 0) is 6.54 Å². The van der Waals surface area contributed by atoms with Gasteiger partial charge in [0.25, 0.3) is 5.91 Å². The van der Waals surface area contributed by atoms with E-state index < -0.39 is 17.2 Å². The van der Waals surface area contributed by atoms with Crippen LogP contribution < -0.4 is 10.9 Å². The minimum absolute atomic E-state index is 0.141. The first-order valence-corrected chi connectivity index (χ1v) is 9.38. The number of nitrogens with zero attached hydrogens (tertiary/aromatic N) is 2. The molecule has 0 spiro atoms. The molecule has 6 nitrogen and oxygen atoms in total. The highest BCUT2D eigenvalue weighted by atomic mass is 35.5. The monoisotopic (exact) mass is 419 g/mol. The highest BCUT2D eigenvalue weighted by molar-refractivity contribution is 7.23. The third kappa shape index (κ3) is 3.14. The van der Waals surface area contributed by atoms with E-state index in [1.165, 1.54) is 15.7 Å². The van der Waals surface area contributed by atoms with Crippen molar-refractivity contribution in [2.24, 2.45) is 0 Å². The maximum Gasteiger partial charge on any atom is 0.302 e. The van der Waals surface area contributed by atoms with Gasteiger partial charge in [-0.05, 0) is 29.8 Å². The van der Waals surface area contributed by atoms with Crippen LogP contribution in [0.4, 0.5) is 0 Å². The summed E-state index contributed by atoms with van der Waals surface area (Å²) in [5.41, 5.74) is 0.355. The number of benzene rings is 2.